The van der Waals surface area contributed by atoms with Crippen LogP contribution in [-0.4, -0.2) is 23.1 Å². The number of methoxy groups -OCH3 is 1. The molecule has 1 atom stereocenters. The van der Waals surface area contributed by atoms with Crippen LogP contribution in [0.15, 0.2) is 78.9 Å². The van der Waals surface area contributed by atoms with Crippen LogP contribution >= 0.6 is 0 Å². The Morgan fingerprint density at radius 2 is 1.72 bits per heavy atom. The van der Waals surface area contributed by atoms with Crippen molar-refractivity contribution in [2.45, 2.75) is 12.5 Å². The van der Waals surface area contributed by atoms with Crippen molar-refractivity contribution in [1.82, 2.24) is 15.3 Å². The van der Waals surface area contributed by atoms with E-state index in [4.69, 9.17) is 4.74 Å². The summed E-state index contributed by atoms with van der Waals surface area (Å²) in [7, 11) is 1.61. The SMILES string of the molecule is COc1ccc(NC(=O)N[C@@H](Cc2ccccc2)c2nc3ccccc3[nH]2)cc1. The number of hydrogen-bond donors (Lipinski definition) is 3. The van der Waals surface area contributed by atoms with Crippen LogP contribution in [0.25, 0.3) is 11.0 Å². The summed E-state index contributed by atoms with van der Waals surface area (Å²) in [6.07, 6.45) is 0.622. The van der Waals surface area contributed by atoms with E-state index in [0.29, 0.717) is 12.1 Å². The Bertz CT molecular complexity index is 1060. The fourth-order valence-electron chi connectivity index (χ4n) is 3.20. The molecule has 0 unspecified atom stereocenters. The molecule has 29 heavy (non-hydrogen) atoms. The van der Waals surface area contributed by atoms with E-state index in [-0.39, 0.29) is 12.1 Å². The Labute approximate surface area is 168 Å². The van der Waals surface area contributed by atoms with Crippen molar-refractivity contribution in [1.29, 1.82) is 0 Å². The van der Waals surface area contributed by atoms with E-state index in [1.807, 2.05) is 54.6 Å². The van der Waals surface area contributed by atoms with Gasteiger partial charge in [-0.1, -0.05) is 42.5 Å². The van der Waals surface area contributed by atoms with Gasteiger partial charge in [-0.2, -0.15) is 0 Å². The predicted octanol–water partition coefficient (Wildman–Crippen LogP) is 4.68. The van der Waals surface area contributed by atoms with Gasteiger partial charge < -0.3 is 20.4 Å². The van der Waals surface area contributed by atoms with Crippen LogP contribution in [0.4, 0.5) is 10.5 Å². The maximum Gasteiger partial charge on any atom is 0.319 e. The summed E-state index contributed by atoms with van der Waals surface area (Å²) >= 11 is 0. The topological polar surface area (TPSA) is 79.0 Å². The van der Waals surface area contributed by atoms with Crippen LogP contribution in [0, 0.1) is 0 Å². The van der Waals surface area contributed by atoms with Gasteiger partial charge in [0.2, 0.25) is 0 Å². The summed E-state index contributed by atoms with van der Waals surface area (Å²) in [5.41, 5.74) is 3.62. The number of urea groups is 1. The minimum absolute atomic E-state index is 0.295. The van der Waals surface area contributed by atoms with E-state index in [2.05, 4.69) is 20.6 Å². The molecule has 6 heteroatoms. The first kappa shape index (κ1) is 18.6. The number of carbonyl (C=O) groups is 1. The first-order valence-corrected chi connectivity index (χ1v) is 9.41. The number of nitrogens with one attached hydrogen (secondary N) is 3. The first-order chi connectivity index (χ1) is 14.2. The highest BCUT2D eigenvalue weighted by atomic mass is 16.5. The normalized spacial score (nSPS) is 11.8. The van der Waals surface area contributed by atoms with Crippen molar-refractivity contribution in [3.63, 3.8) is 0 Å². The molecule has 0 fully saturated rings. The van der Waals surface area contributed by atoms with Crippen LogP contribution in [0.5, 0.6) is 5.75 Å². The molecule has 6 nitrogen and oxygen atoms in total. The van der Waals surface area contributed by atoms with Gasteiger partial charge in [0.15, 0.2) is 0 Å². The number of rotatable bonds is 6. The molecule has 1 heterocycles. The Morgan fingerprint density at radius 1 is 1.00 bits per heavy atom. The van der Waals surface area contributed by atoms with Gasteiger partial charge in [0, 0.05) is 5.69 Å². The molecule has 3 N–H and O–H groups in total. The highest BCUT2D eigenvalue weighted by molar-refractivity contribution is 5.89. The van der Waals surface area contributed by atoms with Gasteiger partial charge in [0.05, 0.1) is 24.2 Å². The molecule has 0 radical (unpaired) electrons. The van der Waals surface area contributed by atoms with Gasteiger partial charge in [-0.3, -0.25) is 0 Å². The molecule has 0 spiro atoms. The number of anilines is 1. The summed E-state index contributed by atoms with van der Waals surface area (Å²) in [4.78, 5) is 20.7. The summed E-state index contributed by atoms with van der Waals surface area (Å²) in [5, 5.41) is 5.91. The molecule has 2 amide bonds. The minimum atomic E-state index is -0.303. The number of ether oxygens (including phenoxy) is 1. The number of nitrogens with zero attached hydrogens (tertiary/aromatic N) is 1. The van der Waals surface area contributed by atoms with E-state index in [0.717, 1.165) is 28.2 Å². The van der Waals surface area contributed by atoms with E-state index < -0.39 is 0 Å². The lowest BCUT2D eigenvalue weighted by Gasteiger charge is -2.17. The van der Waals surface area contributed by atoms with E-state index in [9.17, 15) is 4.79 Å². The molecule has 0 saturated carbocycles. The number of fused-ring (bicyclic) bond motifs is 1. The zero-order valence-electron chi connectivity index (χ0n) is 16.1. The Balaban J connectivity index is 1.54. The number of imidazole rings is 1. The lowest BCUT2D eigenvalue weighted by Crippen LogP contribution is -2.34. The first-order valence-electron chi connectivity index (χ1n) is 9.41. The number of carbonyl (C=O) groups excluding carboxylic acids is 1. The average Bonchev–Trinajstić information content (AvgIpc) is 3.19. The largest absolute Gasteiger partial charge is 0.497 e. The third-order valence-electron chi connectivity index (χ3n) is 4.67. The maximum absolute atomic E-state index is 12.7. The number of benzene rings is 3. The number of aromatic nitrogens is 2. The molecule has 3 aromatic carbocycles. The fourth-order valence-corrected chi connectivity index (χ4v) is 3.20. The molecular weight excluding hydrogens is 364 g/mol. The molecule has 1 aromatic heterocycles. The molecule has 0 bridgehead atoms. The summed E-state index contributed by atoms with van der Waals surface area (Å²) in [6, 6.07) is 24.5. The molecule has 0 saturated heterocycles. The summed E-state index contributed by atoms with van der Waals surface area (Å²) in [6.45, 7) is 0. The smallest absolute Gasteiger partial charge is 0.319 e. The number of aromatic amines is 1. The van der Waals surface area contributed by atoms with Crippen molar-refractivity contribution in [3.05, 3.63) is 90.3 Å². The van der Waals surface area contributed by atoms with E-state index in [1.165, 1.54) is 0 Å². The van der Waals surface area contributed by atoms with Crippen molar-refractivity contribution in [2.24, 2.45) is 0 Å². The summed E-state index contributed by atoms with van der Waals surface area (Å²) in [5.74, 6) is 1.46. The number of H-pyrrole nitrogens is 1. The molecule has 4 rings (SSSR count). The summed E-state index contributed by atoms with van der Waals surface area (Å²) < 4.78 is 5.15. The van der Waals surface area contributed by atoms with E-state index in [1.54, 1.807) is 31.4 Å². The van der Waals surface area contributed by atoms with Crippen LogP contribution in [0.3, 0.4) is 0 Å². The average molecular weight is 386 g/mol. The molecule has 0 aliphatic heterocycles. The Kier molecular flexibility index (Phi) is 5.42. The van der Waals surface area contributed by atoms with Crippen LogP contribution in [-0.2, 0) is 6.42 Å². The second kappa shape index (κ2) is 8.48. The van der Waals surface area contributed by atoms with Gasteiger partial charge in [-0.05, 0) is 48.4 Å². The van der Waals surface area contributed by atoms with Crippen molar-refractivity contribution >= 4 is 22.8 Å². The molecule has 0 aliphatic rings. The van der Waals surface area contributed by atoms with Crippen LogP contribution in [0.1, 0.15) is 17.4 Å². The fraction of sp³-hybridized carbons (Fsp3) is 0.130. The zero-order valence-corrected chi connectivity index (χ0v) is 16.1. The van der Waals surface area contributed by atoms with Gasteiger partial charge in [-0.25, -0.2) is 9.78 Å². The Morgan fingerprint density at radius 3 is 2.45 bits per heavy atom. The lowest BCUT2D eigenvalue weighted by atomic mass is 10.1. The second-order valence-electron chi connectivity index (χ2n) is 6.71. The molecule has 4 aromatic rings. The highest BCUT2D eigenvalue weighted by Gasteiger charge is 2.19. The number of amides is 2. The van der Waals surface area contributed by atoms with Crippen molar-refractivity contribution < 1.29 is 9.53 Å². The van der Waals surface area contributed by atoms with Gasteiger partial charge in [-0.15, -0.1) is 0 Å². The monoisotopic (exact) mass is 386 g/mol. The standard InChI is InChI=1S/C23H22N4O2/c1-29-18-13-11-17(12-14-18)24-23(28)27-21(15-16-7-3-2-4-8-16)22-25-19-9-5-6-10-20(19)26-22/h2-14,21H,15H2,1H3,(H,25,26)(H2,24,27,28)/t21-/m0/s1. The Hall–Kier alpha value is -3.80. The van der Waals surface area contributed by atoms with Gasteiger partial charge in [0.25, 0.3) is 0 Å². The number of hydrogen-bond acceptors (Lipinski definition) is 3. The van der Waals surface area contributed by atoms with Crippen molar-refractivity contribution in [2.75, 3.05) is 12.4 Å². The van der Waals surface area contributed by atoms with Crippen LogP contribution in [0.2, 0.25) is 0 Å². The molecular formula is C23H22N4O2. The minimum Gasteiger partial charge on any atom is -0.497 e. The quantitative estimate of drug-likeness (QED) is 0.450. The predicted molar refractivity (Wildman–Crippen MR) is 114 cm³/mol. The van der Waals surface area contributed by atoms with E-state index >= 15 is 0 Å². The molecule has 0 aliphatic carbocycles. The third kappa shape index (κ3) is 4.55. The maximum atomic E-state index is 12.7. The zero-order chi connectivity index (χ0) is 20.1. The van der Waals surface area contributed by atoms with Gasteiger partial charge >= 0.3 is 6.03 Å². The molecule has 146 valence electrons. The lowest BCUT2D eigenvalue weighted by molar-refractivity contribution is 0.248. The van der Waals surface area contributed by atoms with Crippen LogP contribution < -0.4 is 15.4 Å². The number of para-hydroxylation sites is 2. The highest BCUT2D eigenvalue weighted by Crippen LogP contribution is 2.21. The van der Waals surface area contributed by atoms with Gasteiger partial charge in [0.1, 0.15) is 11.6 Å². The van der Waals surface area contributed by atoms with Crippen molar-refractivity contribution in [3.8, 4) is 5.75 Å². The second-order valence-corrected chi connectivity index (χ2v) is 6.71. The third-order valence-corrected chi connectivity index (χ3v) is 4.67.